The zero-order chi connectivity index (χ0) is 14.2. The van der Waals surface area contributed by atoms with Crippen LogP contribution in [0.1, 0.15) is 11.1 Å². The fourth-order valence-corrected chi connectivity index (χ4v) is 1.59. The Morgan fingerprint density at radius 3 is 1.85 bits per heavy atom. The average molecular weight is 266 g/mol. The molecular formula is C14H10N4O2. The maximum Gasteiger partial charge on any atom is 0.0938 e. The Labute approximate surface area is 115 Å². The van der Waals surface area contributed by atoms with Gasteiger partial charge in [-0.1, -0.05) is 64.1 Å². The standard InChI is InChI=1S/C14H10N4O2/c15-18-16-13-7-3-11(4-8-13)1-2-12-5-9-14(10-6-12)17-20-19/h1-10H/b2-1+. The second-order valence-electron chi connectivity index (χ2n) is 3.87. The molecule has 98 valence electrons. The summed E-state index contributed by atoms with van der Waals surface area (Å²) in [6.07, 6.45) is 3.85. The first kappa shape index (κ1) is 13.6. The normalized spacial score (nSPS) is 10.2. The van der Waals surface area contributed by atoms with E-state index in [4.69, 9.17) is 5.53 Å². The van der Waals surface area contributed by atoms with Crippen LogP contribution in [-0.2, 0) is 10.2 Å². The van der Waals surface area contributed by atoms with Crippen molar-refractivity contribution < 1.29 is 10.2 Å². The van der Waals surface area contributed by atoms with Crippen molar-refractivity contribution >= 4 is 23.5 Å². The molecule has 6 heteroatoms. The van der Waals surface area contributed by atoms with Crippen LogP contribution < -0.4 is 5.48 Å². The van der Waals surface area contributed by atoms with Crippen molar-refractivity contribution in [3.8, 4) is 0 Å². The van der Waals surface area contributed by atoms with E-state index in [1.165, 1.54) is 0 Å². The molecule has 2 radical (unpaired) electrons. The van der Waals surface area contributed by atoms with Gasteiger partial charge in [0.05, 0.1) is 5.69 Å². The number of hydrogen-bond donors (Lipinski definition) is 0. The van der Waals surface area contributed by atoms with Crippen molar-refractivity contribution in [3.63, 3.8) is 0 Å². The molecule has 0 heterocycles. The lowest BCUT2D eigenvalue weighted by Crippen LogP contribution is -1.92. The lowest BCUT2D eigenvalue weighted by atomic mass is 10.1. The van der Waals surface area contributed by atoms with Crippen LogP contribution in [0.2, 0.25) is 0 Å². The summed E-state index contributed by atoms with van der Waals surface area (Å²) in [7, 11) is 0. The Kier molecular flexibility index (Phi) is 4.75. The van der Waals surface area contributed by atoms with Gasteiger partial charge in [0.15, 0.2) is 0 Å². The van der Waals surface area contributed by atoms with Gasteiger partial charge >= 0.3 is 0 Å². The van der Waals surface area contributed by atoms with E-state index in [0.29, 0.717) is 11.4 Å². The van der Waals surface area contributed by atoms with Crippen LogP contribution in [0.4, 0.5) is 11.4 Å². The van der Waals surface area contributed by atoms with E-state index in [-0.39, 0.29) is 0 Å². The Morgan fingerprint density at radius 2 is 1.40 bits per heavy atom. The van der Waals surface area contributed by atoms with Crippen LogP contribution >= 0.6 is 0 Å². The summed E-state index contributed by atoms with van der Waals surface area (Å²) in [6.45, 7) is 0. The quantitative estimate of drug-likeness (QED) is 0.198. The summed E-state index contributed by atoms with van der Waals surface area (Å²) in [5.74, 6) is 0. The number of azide groups is 1. The van der Waals surface area contributed by atoms with Crippen molar-refractivity contribution in [1.29, 1.82) is 0 Å². The predicted octanol–water partition coefficient (Wildman–Crippen LogP) is 4.31. The minimum absolute atomic E-state index is 0.468. The monoisotopic (exact) mass is 266 g/mol. The summed E-state index contributed by atoms with van der Waals surface area (Å²) < 4.78 is 0. The number of benzene rings is 2. The summed E-state index contributed by atoms with van der Waals surface area (Å²) in [4.78, 5) is 6.17. The molecule has 2 rings (SSSR count). The minimum Gasteiger partial charge on any atom is -0.0978 e. The van der Waals surface area contributed by atoms with E-state index in [1.807, 2.05) is 36.4 Å². The fourth-order valence-electron chi connectivity index (χ4n) is 1.59. The molecule has 0 aliphatic heterocycles. The summed E-state index contributed by atoms with van der Waals surface area (Å²) in [6, 6.07) is 14.2. The largest absolute Gasteiger partial charge is 0.0978 e. The molecular weight excluding hydrogens is 256 g/mol. The number of nitrogens with zero attached hydrogens (tertiary/aromatic N) is 4. The van der Waals surface area contributed by atoms with E-state index in [9.17, 15) is 5.26 Å². The van der Waals surface area contributed by atoms with E-state index >= 15 is 0 Å². The maximum atomic E-state index is 9.86. The molecule has 0 bridgehead atoms. The third-order valence-electron chi connectivity index (χ3n) is 2.56. The highest BCUT2D eigenvalue weighted by atomic mass is 17.2. The molecule has 2 aromatic carbocycles. The van der Waals surface area contributed by atoms with Gasteiger partial charge < -0.3 is 0 Å². The zero-order valence-corrected chi connectivity index (χ0v) is 10.4. The number of hydrogen-bond acceptors (Lipinski definition) is 2. The van der Waals surface area contributed by atoms with Gasteiger partial charge in [-0.05, 0) is 34.0 Å². The second kappa shape index (κ2) is 6.96. The summed E-state index contributed by atoms with van der Waals surface area (Å²) >= 11 is 0. The van der Waals surface area contributed by atoms with Crippen LogP contribution in [0.25, 0.3) is 22.6 Å². The molecule has 0 unspecified atom stereocenters. The van der Waals surface area contributed by atoms with E-state index in [1.54, 1.807) is 24.3 Å². The zero-order valence-electron chi connectivity index (χ0n) is 10.4. The van der Waals surface area contributed by atoms with Gasteiger partial charge in [0.1, 0.15) is 0 Å². The van der Waals surface area contributed by atoms with Crippen LogP contribution in [-0.4, -0.2) is 0 Å². The molecule has 0 saturated carbocycles. The topological polar surface area (TPSA) is 92.0 Å². The van der Waals surface area contributed by atoms with Gasteiger partial charge in [0.25, 0.3) is 0 Å². The second-order valence-corrected chi connectivity index (χ2v) is 3.87. The van der Waals surface area contributed by atoms with Crippen molar-refractivity contribution in [3.05, 3.63) is 70.1 Å². The average Bonchev–Trinajstić information content (AvgIpc) is 2.49. The minimum atomic E-state index is 0.468. The van der Waals surface area contributed by atoms with Gasteiger partial charge in [-0.15, -0.1) is 0 Å². The van der Waals surface area contributed by atoms with Gasteiger partial charge in [-0.25, -0.2) is 0 Å². The van der Waals surface area contributed by atoms with Crippen molar-refractivity contribution in [2.24, 2.45) is 5.11 Å². The molecule has 0 amide bonds. The van der Waals surface area contributed by atoms with Crippen molar-refractivity contribution in [2.45, 2.75) is 0 Å². The first-order valence-electron chi connectivity index (χ1n) is 5.75. The Hall–Kier alpha value is -2.79. The molecule has 0 N–H and O–H groups in total. The van der Waals surface area contributed by atoms with Crippen molar-refractivity contribution in [1.82, 2.24) is 5.48 Å². The van der Waals surface area contributed by atoms with Crippen LogP contribution in [0.3, 0.4) is 0 Å². The lowest BCUT2D eigenvalue weighted by Gasteiger charge is -1.98. The Bertz CT molecular complexity index is 629. The predicted molar refractivity (Wildman–Crippen MR) is 74.2 cm³/mol. The third-order valence-corrected chi connectivity index (χ3v) is 2.56. The molecule has 0 aromatic heterocycles. The van der Waals surface area contributed by atoms with Crippen molar-refractivity contribution in [2.75, 3.05) is 0 Å². The molecule has 0 aliphatic carbocycles. The highest BCUT2D eigenvalue weighted by Crippen LogP contribution is 2.16. The van der Waals surface area contributed by atoms with Gasteiger partial charge in [0, 0.05) is 10.6 Å². The highest BCUT2D eigenvalue weighted by Gasteiger charge is 1.94. The molecule has 0 saturated heterocycles. The first-order valence-corrected chi connectivity index (χ1v) is 5.75. The SMILES string of the molecule is [N-]=[N+]=Nc1ccc(/C=C/c2ccc([N]O[O])cc2)cc1. The molecule has 0 aliphatic rings. The van der Waals surface area contributed by atoms with Crippen LogP contribution in [0, 0.1) is 0 Å². The van der Waals surface area contributed by atoms with E-state index < -0.39 is 0 Å². The fraction of sp³-hybridized carbons (Fsp3) is 0. The third kappa shape index (κ3) is 3.86. The molecule has 0 atom stereocenters. The lowest BCUT2D eigenvalue weighted by molar-refractivity contribution is -0.339. The van der Waals surface area contributed by atoms with E-state index in [2.05, 4.69) is 20.5 Å². The van der Waals surface area contributed by atoms with Gasteiger partial charge in [-0.3, -0.25) is 0 Å². The first-order chi connectivity index (χ1) is 9.81. The smallest absolute Gasteiger partial charge is 0.0938 e. The molecule has 0 fully saturated rings. The van der Waals surface area contributed by atoms with E-state index in [0.717, 1.165) is 11.1 Å². The molecule has 6 nitrogen and oxygen atoms in total. The summed E-state index contributed by atoms with van der Waals surface area (Å²) in [5.41, 5.74) is 14.6. The maximum absolute atomic E-state index is 9.86. The van der Waals surface area contributed by atoms with Crippen LogP contribution in [0.15, 0.2) is 53.6 Å². The van der Waals surface area contributed by atoms with Gasteiger partial charge in [-0.2, -0.15) is 0 Å². The van der Waals surface area contributed by atoms with Crippen LogP contribution in [0.5, 0.6) is 0 Å². The van der Waals surface area contributed by atoms with Gasteiger partial charge in [0.2, 0.25) is 0 Å². The molecule has 2 aromatic rings. The highest BCUT2D eigenvalue weighted by molar-refractivity contribution is 5.70. The molecule has 20 heavy (non-hydrogen) atoms. The number of rotatable bonds is 5. The summed E-state index contributed by atoms with van der Waals surface area (Å²) in [5, 5.41) is 13.4. The Morgan fingerprint density at radius 1 is 0.900 bits per heavy atom. The molecule has 0 spiro atoms. The Balaban J connectivity index is 2.06.